The Labute approximate surface area is 128 Å². The average Bonchev–Trinajstić information content (AvgIpc) is 3.43. The molecule has 0 amide bonds. The van der Waals surface area contributed by atoms with Gasteiger partial charge in [-0.1, -0.05) is 37.3 Å². The minimum absolute atomic E-state index is 0.518. The number of hydrogen-bond donors (Lipinski definition) is 1. The maximum atomic E-state index is 9.96. The fourth-order valence-corrected chi connectivity index (χ4v) is 2.96. The molecule has 0 heterocycles. The van der Waals surface area contributed by atoms with Crippen molar-refractivity contribution in [2.75, 3.05) is 19.6 Å². The molecule has 0 saturated heterocycles. The zero-order valence-electron chi connectivity index (χ0n) is 12.9. The standard InChI is InChI=1S/C18H25N3/c1-2-21(12-15-8-9-15)14-18(13-19,20-17-10-11-17)16-6-4-3-5-7-16/h3-7,15,17,20H,2,8-12,14H2,1H3. The van der Waals surface area contributed by atoms with Crippen molar-refractivity contribution in [2.45, 2.75) is 44.2 Å². The van der Waals surface area contributed by atoms with E-state index in [4.69, 9.17) is 0 Å². The highest BCUT2D eigenvalue weighted by atomic mass is 15.2. The Kier molecular flexibility index (Phi) is 4.28. The maximum absolute atomic E-state index is 9.96. The molecule has 112 valence electrons. The molecule has 2 fully saturated rings. The van der Waals surface area contributed by atoms with Crippen molar-refractivity contribution in [1.29, 1.82) is 5.26 Å². The molecule has 1 atom stereocenters. The molecule has 1 unspecified atom stereocenters. The van der Waals surface area contributed by atoms with Crippen LogP contribution in [-0.2, 0) is 5.54 Å². The van der Waals surface area contributed by atoms with Crippen LogP contribution in [0.1, 0.15) is 38.2 Å². The number of rotatable bonds is 8. The summed E-state index contributed by atoms with van der Waals surface area (Å²) in [6.45, 7) is 5.14. The van der Waals surface area contributed by atoms with Crippen LogP contribution in [0.25, 0.3) is 0 Å². The van der Waals surface area contributed by atoms with Crippen molar-refractivity contribution < 1.29 is 0 Å². The van der Waals surface area contributed by atoms with E-state index in [1.54, 1.807) is 0 Å². The lowest BCUT2D eigenvalue weighted by molar-refractivity contribution is 0.211. The summed E-state index contributed by atoms with van der Waals surface area (Å²) in [5.74, 6) is 0.859. The molecular weight excluding hydrogens is 258 g/mol. The summed E-state index contributed by atoms with van der Waals surface area (Å²) in [5.41, 5.74) is 0.543. The van der Waals surface area contributed by atoms with Gasteiger partial charge in [0.15, 0.2) is 0 Å². The van der Waals surface area contributed by atoms with Gasteiger partial charge in [0, 0.05) is 19.1 Å². The van der Waals surface area contributed by atoms with Crippen LogP contribution in [0.2, 0.25) is 0 Å². The Morgan fingerprint density at radius 2 is 1.95 bits per heavy atom. The predicted octanol–water partition coefficient (Wildman–Crippen LogP) is 2.89. The third-order valence-corrected chi connectivity index (χ3v) is 4.61. The largest absolute Gasteiger partial charge is 0.300 e. The molecule has 0 aliphatic heterocycles. The molecule has 2 saturated carbocycles. The van der Waals surface area contributed by atoms with Gasteiger partial charge in [0.1, 0.15) is 5.54 Å². The van der Waals surface area contributed by atoms with E-state index in [0.29, 0.717) is 6.04 Å². The van der Waals surface area contributed by atoms with Crippen molar-refractivity contribution in [2.24, 2.45) is 5.92 Å². The quantitative estimate of drug-likeness (QED) is 0.797. The first-order valence-electron chi connectivity index (χ1n) is 8.22. The smallest absolute Gasteiger partial charge is 0.145 e. The summed E-state index contributed by atoms with van der Waals surface area (Å²) < 4.78 is 0. The molecule has 0 aromatic heterocycles. The molecule has 21 heavy (non-hydrogen) atoms. The molecule has 1 aromatic carbocycles. The van der Waals surface area contributed by atoms with E-state index in [-0.39, 0.29) is 0 Å². The highest BCUT2D eigenvalue weighted by molar-refractivity contribution is 5.33. The molecule has 2 aliphatic carbocycles. The van der Waals surface area contributed by atoms with Crippen LogP contribution in [0.4, 0.5) is 0 Å². The second-order valence-electron chi connectivity index (χ2n) is 6.57. The minimum Gasteiger partial charge on any atom is -0.300 e. The number of hydrogen-bond acceptors (Lipinski definition) is 3. The van der Waals surface area contributed by atoms with Crippen molar-refractivity contribution in [3.05, 3.63) is 35.9 Å². The van der Waals surface area contributed by atoms with Crippen LogP contribution in [0, 0.1) is 17.2 Å². The summed E-state index contributed by atoms with van der Waals surface area (Å²) in [6, 6.07) is 13.4. The number of likely N-dealkylation sites (N-methyl/N-ethyl adjacent to an activating group) is 1. The molecule has 1 aromatic rings. The van der Waals surface area contributed by atoms with Gasteiger partial charge in [0.05, 0.1) is 6.07 Å². The van der Waals surface area contributed by atoms with E-state index < -0.39 is 5.54 Å². The zero-order valence-corrected chi connectivity index (χ0v) is 12.9. The summed E-state index contributed by atoms with van der Waals surface area (Å²) >= 11 is 0. The highest BCUT2D eigenvalue weighted by Gasteiger charge is 2.40. The molecular formula is C18H25N3. The van der Waals surface area contributed by atoms with Crippen LogP contribution in [0.15, 0.2) is 30.3 Å². The van der Waals surface area contributed by atoms with Crippen LogP contribution in [0.3, 0.4) is 0 Å². The first kappa shape index (κ1) is 14.6. The van der Waals surface area contributed by atoms with E-state index in [0.717, 1.165) is 31.1 Å². The van der Waals surface area contributed by atoms with Crippen molar-refractivity contribution in [1.82, 2.24) is 10.2 Å². The van der Waals surface area contributed by atoms with Gasteiger partial charge in [-0.25, -0.2) is 0 Å². The average molecular weight is 283 g/mol. The first-order chi connectivity index (χ1) is 10.3. The lowest BCUT2D eigenvalue weighted by Crippen LogP contribution is -2.51. The van der Waals surface area contributed by atoms with Gasteiger partial charge >= 0.3 is 0 Å². The summed E-state index contributed by atoms with van der Waals surface area (Å²) in [7, 11) is 0. The molecule has 0 radical (unpaired) electrons. The molecule has 0 bridgehead atoms. The van der Waals surface area contributed by atoms with E-state index in [1.807, 2.05) is 18.2 Å². The van der Waals surface area contributed by atoms with Crippen molar-refractivity contribution >= 4 is 0 Å². The fourth-order valence-electron chi connectivity index (χ4n) is 2.96. The van der Waals surface area contributed by atoms with Gasteiger partial charge in [0.25, 0.3) is 0 Å². The monoisotopic (exact) mass is 283 g/mol. The highest BCUT2D eigenvalue weighted by Crippen LogP contribution is 2.32. The predicted molar refractivity (Wildman–Crippen MR) is 84.7 cm³/mol. The normalized spacial score (nSPS) is 21.0. The molecule has 3 rings (SSSR count). The third kappa shape index (κ3) is 3.64. The van der Waals surface area contributed by atoms with Gasteiger partial charge in [-0.05, 0) is 43.7 Å². The van der Waals surface area contributed by atoms with Crippen LogP contribution < -0.4 is 5.32 Å². The second-order valence-corrected chi connectivity index (χ2v) is 6.57. The van der Waals surface area contributed by atoms with Crippen LogP contribution >= 0.6 is 0 Å². The molecule has 0 spiro atoms. The van der Waals surface area contributed by atoms with E-state index in [9.17, 15) is 5.26 Å². The lowest BCUT2D eigenvalue weighted by atomic mass is 9.90. The Hall–Kier alpha value is -1.37. The summed E-state index contributed by atoms with van der Waals surface area (Å²) in [4.78, 5) is 2.45. The topological polar surface area (TPSA) is 39.1 Å². The number of benzene rings is 1. The maximum Gasteiger partial charge on any atom is 0.145 e. The van der Waals surface area contributed by atoms with E-state index in [2.05, 4.69) is 35.3 Å². The van der Waals surface area contributed by atoms with Crippen molar-refractivity contribution in [3.63, 3.8) is 0 Å². The van der Waals surface area contributed by atoms with Gasteiger partial charge in [0.2, 0.25) is 0 Å². The number of nitriles is 1. The van der Waals surface area contributed by atoms with Gasteiger partial charge in [-0.3, -0.25) is 5.32 Å². The Balaban J connectivity index is 1.81. The second kappa shape index (κ2) is 6.17. The number of nitrogens with one attached hydrogen (secondary N) is 1. The lowest BCUT2D eigenvalue weighted by Gasteiger charge is -2.34. The van der Waals surface area contributed by atoms with Gasteiger partial charge < -0.3 is 4.90 Å². The zero-order chi connectivity index (χ0) is 14.7. The summed E-state index contributed by atoms with van der Waals surface area (Å²) in [6.07, 6.45) is 5.12. The summed E-state index contributed by atoms with van der Waals surface area (Å²) in [5, 5.41) is 13.6. The fraction of sp³-hybridized carbons (Fsp3) is 0.611. The van der Waals surface area contributed by atoms with Gasteiger partial charge in [-0.2, -0.15) is 5.26 Å². The van der Waals surface area contributed by atoms with Gasteiger partial charge in [-0.15, -0.1) is 0 Å². The number of nitrogens with zero attached hydrogens (tertiary/aromatic N) is 2. The Bertz CT molecular complexity index is 499. The van der Waals surface area contributed by atoms with Crippen LogP contribution in [-0.4, -0.2) is 30.6 Å². The molecule has 1 N–H and O–H groups in total. The molecule has 2 aliphatic rings. The van der Waals surface area contributed by atoms with E-state index in [1.165, 1.54) is 25.7 Å². The third-order valence-electron chi connectivity index (χ3n) is 4.61. The van der Waals surface area contributed by atoms with E-state index >= 15 is 0 Å². The Morgan fingerprint density at radius 3 is 2.48 bits per heavy atom. The van der Waals surface area contributed by atoms with Crippen LogP contribution in [0.5, 0.6) is 0 Å². The minimum atomic E-state index is -0.562. The van der Waals surface area contributed by atoms with Crippen molar-refractivity contribution in [3.8, 4) is 6.07 Å². The molecule has 3 heteroatoms. The molecule has 3 nitrogen and oxygen atoms in total. The SMILES string of the molecule is CCN(CC1CC1)CC(C#N)(NC1CC1)c1ccccc1. The first-order valence-corrected chi connectivity index (χ1v) is 8.22. The Morgan fingerprint density at radius 1 is 1.24 bits per heavy atom.